The Balaban J connectivity index is 1.37. The van der Waals surface area contributed by atoms with Gasteiger partial charge in [-0.3, -0.25) is 9.59 Å². The third-order valence-corrected chi connectivity index (χ3v) is 6.81. The number of para-hydroxylation sites is 1. The van der Waals surface area contributed by atoms with E-state index in [2.05, 4.69) is 4.98 Å². The summed E-state index contributed by atoms with van der Waals surface area (Å²) in [6.45, 7) is 5.32. The molecule has 3 heterocycles. The van der Waals surface area contributed by atoms with Crippen molar-refractivity contribution in [3.05, 3.63) is 46.9 Å². The van der Waals surface area contributed by atoms with Gasteiger partial charge >= 0.3 is 0 Å². The first-order valence-electron chi connectivity index (χ1n) is 10.2. The van der Waals surface area contributed by atoms with E-state index >= 15 is 0 Å². The number of amides is 2. The molecule has 0 saturated carbocycles. The lowest BCUT2D eigenvalue weighted by molar-refractivity contribution is -0.128. The Morgan fingerprint density at radius 1 is 1.14 bits per heavy atom. The van der Waals surface area contributed by atoms with Crippen molar-refractivity contribution in [2.75, 3.05) is 32.8 Å². The molecule has 0 bridgehead atoms. The highest BCUT2D eigenvalue weighted by molar-refractivity contribution is 7.07. The number of rotatable bonds is 5. The van der Waals surface area contributed by atoms with Crippen molar-refractivity contribution in [3.8, 4) is 5.75 Å². The third-order valence-electron chi connectivity index (χ3n) is 6.23. The number of hydrogen-bond donors (Lipinski definition) is 0. The third kappa shape index (κ3) is 4.61. The molecule has 7 heteroatoms. The first kappa shape index (κ1) is 19.9. The first-order chi connectivity index (χ1) is 14.1. The minimum Gasteiger partial charge on any atom is -0.493 e. The molecule has 2 aromatic rings. The van der Waals surface area contributed by atoms with E-state index in [9.17, 15) is 9.59 Å². The second-order valence-electron chi connectivity index (χ2n) is 7.98. The van der Waals surface area contributed by atoms with E-state index in [0.717, 1.165) is 44.8 Å². The maximum absolute atomic E-state index is 12.6. The van der Waals surface area contributed by atoms with Gasteiger partial charge in [0.25, 0.3) is 5.91 Å². The van der Waals surface area contributed by atoms with Crippen molar-refractivity contribution in [1.82, 2.24) is 14.8 Å². The largest absolute Gasteiger partial charge is 0.493 e. The van der Waals surface area contributed by atoms with Gasteiger partial charge in [0.15, 0.2) is 0 Å². The van der Waals surface area contributed by atoms with Crippen molar-refractivity contribution >= 4 is 23.2 Å². The molecule has 0 N–H and O–H groups in total. The van der Waals surface area contributed by atoms with Gasteiger partial charge < -0.3 is 14.5 Å². The lowest BCUT2D eigenvalue weighted by atomic mass is 9.78. The summed E-state index contributed by atoms with van der Waals surface area (Å²) in [5.41, 5.74) is 2.25. The van der Waals surface area contributed by atoms with Gasteiger partial charge in [-0.2, -0.15) is 0 Å². The number of carbonyl (C=O) groups is 2. The number of aromatic nitrogens is 1. The molecule has 29 heavy (non-hydrogen) atoms. The average molecular weight is 414 g/mol. The van der Waals surface area contributed by atoms with E-state index in [1.54, 1.807) is 12.4 Å². The van der Waals surface area contributed by atoms with E-state index in [-0.39, 0.29) is 11.8 Å². The predicted molar refractivity (Wildman–Crippen MR) is 112 cm³/mol. The van der Waals surface area contributed by atoms with E-state index in [1.807, 2.05) is 45.5 Å². The van der Waals surface area contributed by atoms with Crippen molar-refractivity contribution in [3.63, 3.8) is 0 Å². The smallest absolute Gasteiger partial charge is 0.273 e. The van der Waals surface area contributed by atoms with Gasteiger partial charge in [0.05, 0.1) is 12.1 Å². The summed E-state index contributed by atoms with van der Waals surface area (Å²) in [5.74, 6) is 2.28. The second-order valence-corrected chi connectivity index (χ2v) is 8.69. The van der Waals surface area contributed by atoms with Crippen molar-refractivity contribution in [2.24, 2.45) is 17.8 Å². The minimum absolute atomic E-state index is 0.0328. The molecule has 2 atom stereocenters. The number of ether oxygens (including phenoxy) is 1. The van der Waals surface area contributed by atoms with Crippen LogP contribution in [0, 0.1) is 17.8 Å². The fourth-order valence-electron chi connectivity index (χ4n) is 4.59. The molecular weight excluding hydrogens is 386 g/mol. The molecule has 0 spiro atoms. The highest BCUT2D eigenvalue weighted by Gasteiger charge is 2.40. The van der Waals surface area contributed by atoms with E-state index < -0.39 is 0 Å². The van der Waals surface area contributed by atoms with Gasteiger partial charge in [-0.1, -0.05) is 18.2 Å². The molecule has 2 amide bonds. The number of carbonyl (C=O) groups excluding carboxylic acids is 2. The highest BCUT2D eigenvalue weighted by atomic mass is 32.1. The fraction of sp³-hybridized carbons (Fsp3) is 0.500. The van der Waals surface area contributed by atoms with Crippen LogP contribution in [0.2, 0.25) is 0 Å². The highest BCUT2D eigenvalue weighted by Crippen LogP contribution is 2.36. The maximum atomic E-state index is 12.6. The Morgan fingerprint density at radius 3 is 2.55 bits per heavy atom. The van der Waals surface area contributed by atoms with Gasteiger partial charge in [0, 0.05) is 44.4 Å². The summed E-state index contributed by atoms with van der Waals surface area (Å²) in [6.07, 6.45) is 1.93. The van der Waals surface area contributed by atoms with Crippen LogP contribution in [0.1, 0.15) is 30.3 Å². The van der Waals surface area contributed by atoms with Gasteiger partial charge in [-0.25, -0.2) is 4.98 Å². The molecular formula is C22H27N3O3S. The molecule has 2 aliphatic rings. The molecule has 1 aromatic heterocycles. The van der Waals surface area contributed by atoms with Crippen molar-refractivity contribution in [1.29, 1.82) is 0 Å². The molecule has 2 unspecified atom stereocenters. The Hall–Kier alpha value is -2.41. The Bertz CT molecular complexity index is 819. The van der Waals surface area contributed by atoms with Crippen LogP contribution in [0.4, 0.5) is 0 Å². The number of likely N-dealkylation sites (tertiary alicyclic amines) is 2. The fourth-order valence-corrected chi connectivity index (χ4v) is 5.12. The zero-order chi connectivity index (χ0) is 20.2. The van der Waals surface area contributed by atoms with Crippen LogP contribution in [0.3, 0.4) is 0 Å². The van der Waals surface area contributed by atoms with Crippen LogP contribution in [0.15, 0.2) is 41.2 Å². The Labute approximate surface area is 175 Å². The molecule has 2 aliphatic heterocycles. The maximum Gasteiger partial charge on any atom is 0.273 e. The SMILES string of the molecule is CC(=O)N1CC(COc2ccccc2)C(C2CCN(C(=O)c3cscn3)CC2)C1. The average Bonchev–Trinajstić information content (AvgIpc) is 3.43. The monoisotopic (exact) mass is 413 g/mol. The van der Waals surface area contributed by atoms with E-state index in [4.69, 9.17) is 4.74 Å². The molecule has 0 radical (unpaired) electrons. The van der Waals surface area contributed by atoms with Gasteiger partial charge in [0.1, 0.15) is 11.4 Å². The second kappa shape index (κ2) is 8.95. The number of piperidine rings is 1. The number of nitrogens with zero attached hydrogens (tertiary/aromatic N) is 3. The first-order valence-corrected chi connectivity index (χ1v) is 11.2. The summed E-state index contributed by atoms with van der Waals surface area (Å²) in [7, 11) is 0. The molecule has 154 valence electrons. The van der Waals surface area contributed by atoms with E-state index in [0.29, 0.717) is 30.1 Å². The number of benzene rings is 1. The van der Waals surface area contributed by atoms with Crippen LogP contribution in [-0.4, -0.2) is 59.4 Å². The zero-order valence-electron chi connectivity index (χ0n) is 16.7. The van der Waals surface area contributed by atoms with Crippen LogP contribution in [0.5, 0.6) is 5.75 Å². The van der Waals surface area contributed by atoms with Crippen LogP contribution in [0.25, 0.3) is 0 Å². The number of thiazole rings is 1. The molecule has 1 aromatic carbocycles. The minimum atomic E-state index is 0.0328. The van der Waals surface area contributed by atoms with Gasteiger partial charge in [0.2, 0.25) is 5.91 Å². The van der Waals surface area contributed by atoms with Crippen LogP contribution >= 0.6 is 11.3 Å². The normalized spacial score (nSPS) is 22.7. The quantitative estimate of drug-likeness (QED) is 0.755. The van der Waals surface area contributed by atoms with Gasteiger partial charge in [-0.15, -0.1) is 11.3 Å². The Morgan fingerprint density at radius 2 is 1.90 bits per heavy atom. The van der Waals surface area contributed by atoms with Crippen LogP contribution < -0.4 is 4.74 Å². The molecule has 2 saturated heterocycles. The Kier molecular flexibility index (Phi) is 6.13. The summed E-state index contributed by atoms with van der Waals surface area (Å²) < 4.78 is 6.04. The molecule has 2 fully saturated rings. The van der Waals surface area contributed by atoms with Gasteiger partial charge in [-0.05, 0) is 36.8 Å². The standard InChI is InChI=1S/C22H27N3O3S/c1-16(26)25-11-18(13-28-19-5-3-2-4-6-19)20(12-25)17-7-9-24(10-8-17)22(27)21-14-29-15-23-21/h2-6,14-15,17-18,20H,7-13H2,1H3. The number of hydrogen-bond acceptors (Lipinski definition) is 5. The van der Waals surface area contributed by atoms with E-state index in [1.165, 1.54) is 11.3 Å². The summed E-state index contributed by atoms with van der Waals surface area (Å²) in [6, 6.07) is 9.85. The molecule has 4 rings (SSSR count). The molecule has 6 nitrogen and oxygen atoms in total. The van der Waals surface area contributed by atoms with Crippen molar-refractivity contribution in [2.45, 2.75) is 19.8 Å². The predicted octanol–water partition coefficient (Wildman–Crippen LogP) is 3.17. The lowest BCUT2D eigenvalue weighted by Gasteiger charge is -2.36. The summed E-state index contributed by atoms with van der Waals surface area (Å²) >= 11 is 1.45. The van der Waals surface area contributed by atoms with Crippen LogP contribution in [-0.2, 0) is 4.79 Å². The molecule has 0 aliphatic carbocycles. The summed E-state index contributed by atoms with van der Waals surface area (Å²) in [5, 5.41) is 1.81. The summed E-state index contributed by atoms with van der Waals surface area (Å²) in [4.78, 5) is 32.6. The lowest BCUT2D eigenvalue weighted by Crippen LogP contribution is -2.42. The zero-order valence-corrected chi connectivity index (χ0v) is 17.5. The topological polar surface area (TPSA) is 62.7 Å². The van der Waals surface area contributed by atoms with Crippen molar-refractivity contribution < 1.29 is 14.3 Å².